The van der Waals surface area contributed by atoms with Gasteiger partial charge in [-0.3, -0.25) is 14.4 Å². The van der Waals surface area contributed by atoms with Gasteiger partial charge in [0.25, 0.3) is 5.91 Å². The monoisotopic (exact) mass is 391 g/mol. The molecule has 3 rings (SSSR count). The molecular formula is C17H17N3O6S. The summed E-state index contributed by atoms with van der Waals surface area (Å²) in [5.74, 6) is -0.936. The molecular weight excluding hydrogens is 374 g/mol. The smallest absolute Gasteiger partial charge is 0.257 e. The SMILES string of the molecule is CC(=O)N(Cc1ccco1)C1CC(=O)N(c2ccc(S(N)(=O)=O)cc2)C1=O. The fourth-order valence-electron chi connectivity index (χ4n) is 2.93. The van der Waals surface area contributed by atoms with Crippen LogP contribution in [0.3, 0.4) is 0 Å². The number of amides is 3. The zero-order valence-corrected chi connectivity index (χ0v) is 15.2. The Morgan fingerprint density at radius 2 is 1.93 bits per heavy atom. The molecule has 0 spiro atoms. The first-order valence-electron chi connectivity index (χ1n) is 7.97. The van der Waals surface area contributed by atoms with E-state index < -0.39 is 27.9 Å². The predicted octanol–water partition coefficient (Wildman–Crippen LogP) is 0.608. The molecule has 9 nitrogen and oxygen atoms in total. The van der Waals surface area contributed by atoms with E-state index in [1.165, 1.54) is 42.4 Å². The molecule has 1 saturated heterocycles. The van der Waals surface area contributed by atoms with Crippen LogP contribution in [0.25, 0.3) is 0 Å². The normalized spacial score (nSPS) is 17.4. The van der Waals surface area contributed by atoms with E-state index in [1.807, 2.05) is 0 Å². The van der Waals surface area contributed by atoms with Gasteiger partial charge in [0.1, 0.15) is 11.8 Å². The number of carbonyl (C=O) groups is 3. The molecule has 2 heterocycles. The van der Waals surface area contributed by atoms with Crippen LogP contribution in [0.4, 0.5) is 5.69 Å². The van der Waals surface area contributed by atoms with Gasteiger partial charge in [0.2, 0.25) is 21.8 Å². The van der Waals surface area contributed by atoms with Gasteiger partial charge in [-0.1, -0.05) is 0 Å². The van der Waals surface area contributed by atoms with Crippen molar-refractivity contribution in [2.45, 2.75) is 30.8 Å². The highest BCUT2D eigenvalue weighted by Gasteiger charge is 2.44. The number of nitrogens with two attached hydrogens (primary N) is 1. The van der Waals surface area contributed by atoms with Crippen LogP contribution in [0.5, 0.6) is 0 Å². The summed E-state index contributed by atoms with van der Waals surface area (Å²) in [7, 11) is -3.89. The van der Waals surface area contributed by atoms with Crippen molar-refractivity contribution in [3.63, 3.8) is 0 Å². The molecule has 1 aliphatic heterocycles. The fraction of sp³-hybridized carbons (Fsp3) is 0.235. The van der Waals surface area contributed by atoms with Crippen molar-refractivity contribution < 1.29 is 27.2 Å². The van der Waals surface area contributed by atoms with Crippen LogP contribution < -0.4 is 10.0 Å². The van der Waals surface area contributed by atoms with Crippen LogP contribution in [-0.4, -0.2) is 37.1 Å². The van der Waals surface area contributed by atoms with Crippen LogP contribution in [0.15, 0.2) is 52.0 Å². The van der Waals surface area contributed by atoms with Crippen LogP contribution in [-0.2, 0) is 31.0 Å². The summed E-state index contributed by atoms with van der Waals surface area (Å²) >= 11 is 0. The molecule has 0 radical (unpaired) electrons. The Kier molecular flexibility index (Phi) is 4.85. The summed E-state index contributed by atoms with van der Waals surface area (Å²) in [4.78, 5) is 39.3. The van der Waals surface area contributed by atoms with Gasteiger partial charge < -0.3 is 9.32 Å². The molecule has 1 aliphatic rings. The number of primary sulfonamides is 1. The number of rotatable bonds is 5. The van der Waals surface area contributed by atoms with Gasteiger partial charge in [0, 0.05) is 6.92 Å². The lowest BCUT2D eigenvalue weighted by Gasteiger charge is -2.25. The van der Waals surface area contributed by atoms with Crippen molar-refractivity contribution in [1.29, 1.82) is 0 Å². The number of anilines is 1. The van der Waals surface area contributed by atoms with E-state index in [4.69, 9.17) is 9.56 Å². The summed E-state index contributed by atoms with van der Waals surface area (Å²) in [5, 5.41) is 5.05. The summed E-state index contributed by atoms with van der Waals surface area (Å²) in [6.07, 6.45) is 1.28. The van der Waals surface area contributed by atoms with Crippen LogP contribution in [0.2, 0.25) is 0 Å². The first-order chi connectivity index (χ1) is 12.7. The van der Waals surface area contributed by atoms with E-state index in [-0.39, 0.29) is 29.5 Å². The van der Waals surface area contributed by atoms with Crippen LogP contribution >= 0.6 is 0 Å². The van der Waals surface area contributed by atoms with Crippen LogP contribution in [0, 0.1) is 0 Å². The number of carbonyl (C=O) groups excluding carboxylic acids is 3. The second-order valence-corrected chi connectivity index (χ2v) is 7.61. The molecule has 0 saturated carbocycles. The summed E-state index contributed by atoms with van der Waals surface area (Å²) < 4.78 is 27.9. The number of nitrogens with zero attached hydrogens (tertiary/aromatic N) is 2. The average Bonchev–Trinajstić information content (AvgIpc) is 3.20. The Morgan fingerprint density at radius 3 is 2.44 bits per heavy atom. The zero-order chi connectivity index (χ0) is 19.8. The average molecular weight is 391 g/mol. The third-order valence-corrected chi connectivity index (χ3v) is 5.16. The van der Waals surface area contributed by atoms with Crippen molar-refractivity contribution in [1.82, 2.24) is 4.90 Å². The maximum atomic E-state index is 12.8. The maximum Gasteiger partial charge on any atom is 0.257 e. The Morgan fingerprint density at radius 1 is 1.26 bits per heavy atom. The molecule has 2 aromatic rings. The van der Waals surface area contributed by atoms with E-state index in [2.05, 4.69) is 0 Å². The minimum atomic E-state index is -3.89. The molecule has 1 fully saturated rings. The van der Waals surface area contributed by atoms with Crippen molar-refractivity contribution in [2.75, 3.05) is 4.90 Å². The van der Waals surface area contributed by atoms with Gasteiger partial charge >= 0.3 is 0 Å². The summed E-state index contributed by atoms with van der Waals surface area (Å²) in [6.45, 7) is 1.37. The lowest BCUT2D eigenvalue weighted by Crippen LogP contribution is -2.44. The standard InChI is InChI=1S/C17H17N3O6S/c1-11(21)19(10-13-3-2-8-26-13)15-9-16(22)20(17(15)23)12-4-6-14(7-5-12)27(18,24)25/h2-8,15H,9-10H2,1H3,(H2,18,24,25). The molecule has 27 heavy (non-hydrogen) atoms. The Hall–Kier alpha value is -2.98. The largest absolute Gasteiger partial charge is 0.467 e. The zero-order valence-electron chi connectivity index (χ0n) is 14.4. The number of hydrogen-bond acceptors (Lipinski definition) is 6. The number of benzene rings is 1. The number of furan rings is 1. The maximum absolute atomic E-state index is 12.8. The second kappa shape index (κ2) is 6.97. The number of sulfonamides is 1. The van der Waals surface area contributed by atoms with Crippen LogP contribution in [0.1, 0.15) is 19.1 Å². The molecule has 1 unspecified atom stereocenters. The first-order valence-corrected chi connectivity index (χ1v) is 9.52. The van der Waals surface area contributed by atoms with Crippen molar-refractivity contribution >= 4 is 33.4 Å². The molecule has 1 aromatic heterocycles. The van der Waals surface area contributed by atoms with Gasteiger partial charge in [0.15, 0.2) is 0 Å². The molecule has 10 heteroatoms. The van der Waals surface area contributed by atoms with Crippen molar-refractivity contribution in [3.8, 4) is 0 Å². The van der Waals surface area contributed by atoms with Gasteiger partial charge in [-0.05, 0) is 36.4 Å². The Balaban J connectivity index is 1.86. The molecule has 3 amide bonds. The number of hydrogen-bond donors (Lipinski definition) is 1. The highest BCUT2D eigenvalue weighted by molar-refractivity contribution is 7.89. The lowest BCUT2D eigenvalue weighted by atomic mass is 10.2. The first kappa shape index (κ1) is 18.8. The van der Waals surface area contributed by atoms with Gasteiger partial charge in [0.05, 0.1) is 29.8 Å². The van der Waals surface area contributed by atoms with E-state index in [0.717, 1.165) is 4.90 Å². The fourth-order valence-corrected chi connectivity index (χ4v) is 3.44. The quantitative estimate of drug-likeness (QED) is 0.743. The van der Waals surface area contributed by atoms with E-state index in [1.54, 1.807) is 12.1 Å². The highest BCUT2D eigenvalue weighted by atomic mass is 32.2. The number of imide groups is 1. The van der Waals surface area contributed by atoms with Crippen molar-refractivity contribution in [2.24, 2.45) is 5.14 Å². The molecule has 0 aliphatic carbocycles. The summed E-state index contributed by atoms with van der Waals surface area (Å²) in [6, 6.07) is 7.44. The highest BCUT2D eigenvalue weighted by Crippen LogP contribution is 2.27. The summed E-state index contributed by atoms with van der Waals surface area (Å²) in [5.41, 5.74) is 0.210. The molecule has 2 N–H and O–H groups in total. The third kappa shape index (κ3) is 3.76. The van der Waals surface area contributed by atoms with Gasteiger partial charge in [-0.25, -0.2) is 18.5 Å². The lowest BCUT2D eigenvalue weighted by molar-refractivity contribution is -0.137. The Labute approximate surface area is 155 Å². The van der Waals surface area contributed by atoms with E-state index in [9.17, 15) is 22.8 Å². The van der Waals surface area contributed by atoms with E-state index >= 15 is 0 Å². The minimum absolute atomic E-state index is 0.0597. The van der Waals surface area contributed by atoms with Gasteiger partial charge in [-0.15, -0.1) is 0 Å². The predicted molar refractivity (Wildman–Crippen MR) is 93.6 cm³/mol. The third-order valence-electron chi connectivity index (χ3n) is 4.23. The van der Waals surface area contributed by atoms with Gasteiger partial charge in [-0.2, -0.15) is 0 Å². The molecule has 0 bridgehead atoms. The minimum Gasteiger partial charge on any atom is -0.467 e. The Bertz CT molecular complexity index is 982. The molecule has 1 aromatic carbocycles. The topological polar surface area (TPSA) is 131 Å². The van der Waals surface area contributed by atoms with Crippen molar-refractivity contribution in [3.05, 3.63) is 48.4 Å². The second-order valence-electron chi connectivity index (χ2n) is 6.05. The molecule has 142 valence electrons. The molecule has 1 atom stereocenters. The van der Waals surface area contributed by atoms with E-state index in [0.29, 0.717) is 5.76 Å².